The molecule has 1 aromatic carbocycles. The summed E-state index contributed by atoms with van der Waals surface area (Å²) in [5.41, 5.74) is 4.31. The van der Waals surface area contributed by atoms with Crippen LogP contribution in [0.4, 0.5) is 18.3 Å². The van der Waals surface area contributed by atoms with Crippen LogP contribution in [-0.4, -0.2) is 56.0 Å². The molecule has 0 spiro atoms. The third-order valence-corrected chi connectivity index (χ3v) is 7.04. The highest BCUT2D eigenvalue weighted by Crippen LogP contribution is 2.40. The number of carbonyl (C=O) groups is 3. The molecule has 3 heterocycles. The zero-order valence-electron chi connectivity index (χ0n) is 16.0. The highest BCUT2D eigenvalue weighted by atomic mass is 32.2. The molecule has 8 nitrogen and oxygen atoms in total. The summed E-state index contributed by atoms with van der Waals surface area (Å²) < 4.78 is 40.2. The molecule has 4 N–H and O–H groups in total. The van der Waals surface area contributed by atoms with Gasteiger partial charge in [-0.1, -0.05) is 18.2 Å². The fourth-order valence-corrected chi connectivity index (χ4v) is 5.54. The number of nitrogen functional groups attached to an aromatic ring is 1. The van der Waals surface area contributed by atoms with E-state index in [2.05, 4.69) is 10.3 Å². The van der Waals surface area contributed by atoms with Gasteiger partial charge in [0.1, 0.15) is 17.5 Å². The van der Waals surface area contributed by atoms with E-state index < -0.39 is 47.0 Å². The van der Waals surface area contributed by atoms with Gasteiger partial charge in [-0.2, -0.15) is 13.2 Å². The first-order valence-electron chi connectivity index (χ1n) is 9.14. The number of carbonyl (C=O) groups excluding carboxylic acids is 2. The molecular formula is C19H15F3N4O4S2. The number of alkyl halides is 3. The van der Waals surface area contributed by atoms with Crippen LogP contribution in [0.5, 0.6) is 0 Å². The first-order chi connectivity index (χ1) is 15.1. The van der Waals surface area contributed by atoms with Crippen molar-refractivity contribution in [3.8, 4) is 0 Å². The molecule has 2 aliphatic heterocycles. The Bertz CT molecular complexity index is 1130. The van der Waals surface area contributed by atoms with Crippen molar-refractivity contribution in [1.29, 1.82) is 0 Å². The van der Waals surface area contributed by atoms with Gasteiger partial charge in [0.05, 0.1) is 16.8 Å². The molecule has 2 unspecified atom stereocenters. The van der Waals surface area contributed by atoms with Crippen molar-refractivity contribution in [1.82, 2.24) is 15.2 Å². The molecule has 0 radical (unpaired) electrons. The molecule has 1 aromatic heterocycles. The molecule has 0 bridgehead atoms. The van der Waals surface area contributed by atoms with E-state index >= 15 is 0 Å². The second-order valence-electron chi connectivity index (χ2n) is 6.99. The van der Waals surface area contributed by atoms with E-state index in [0.29, 0.717) is 0 Å². The van der Waals surface area contributed by atoms with Crippen LogP contribution in [0.25, 0.3) is 11.6 Å². The molecule has 32 heavy (non-hydrogen) atoms. The summed E-state index contributed by atoms with van der Waals surface area (Å²) in [5.74, 6) is -2.33. The van der Waals surface area contributed by atoms with Crippen molar-refractivity contribution in [2.24, 2.45) is 0 Å². The Morgan fingerprint density at radius 1 is 1.31 bits per heavy atom. The lowest BCUT2D eigenvalue weighted by molar-refractivity contribution is -0.158. The number of halogens is 3. The van der Waals surface area contributed by atoms with Gasteiger partial charge < -0.3 is 21.1 Å². The third kappa shape index (κ3) is 3.93. The number of fused-ring (bicyclic) bond motifs is 1. The molecular weight excluding hydrogens is 469 g/mol. The lowest BCUT2D eigenvalue weighted by Crippen LogP contribution is -2.70. The third-order valence-electron chi connectivity index (χ3n) is 5.02. The van der Waals surface area contributed by atoms with Crippen molar-refractivity contribution in [3.63, 3.8) is 0 Å². The van der Waals surface area contributed by atoms with E-state index in [-0.39, 0.29) is 27.7 Å². The number of aromatic nitrogens is 1. The van der Waals surface area contributed by atoms with Crippen LogP contribution in [0.2, 0.25) is 0 Å². The van der Waals surface area contributed by atoms with E-state index in [1.54, 1.807) is 0 Å². The van der Waals surface area contributed by atoms with Crippen molar-refractivity contribution in [2.75, 3.05) is 11.5 Å². The number of anilines is 1. The van der Waals surface area contributed by atoms with Crippen LogP contribution >= 0.6 is 23.1 Å². The number of thioether (sulfide) groups is 1. The molecule has 2 amide bonds. The number of benzene rings is 1. The van der Waals surface area contributed by atoms with Gasteiger partial charge in [-0.25, -0.2) is 9.78 Å². The first-order valence-corrected chi connectivity index (χ1v) is 11.1. The van der Waals surface area contributed by atoms with Crippen molar-refractivity contribution >= 4 is 57.7 Å². The van der Waals surface area contributed by atoms with Gasteiger partial charge >= 0.3 is 12.1 Å². The minimum atomic E-state index is -4.65. The Labute approximate surface area is 187 Å². The second kappa shape index (κ2) is 8.13. The molecule has 13 heteroatoms. The SMILES string of the molecule is Nc1nc(/C(=C/c2ccccc2C(F)(F)F)C(=O)NC2C(=O)N3C(C(=O)O)CS[C@H]23)cs1. The Hall–Kier alpha value is -3.06. The minimum absolute atomic E-state index is 0.0630. The molecule has 2 aliphatic rings. The van der Waals surface area contributed by atoms with Gasteiger partial charge in [0, 0.05) is 11.1 Å². The number of carboxylic acids is 1. The number of thiazole rings is 1. The zero-order chi connectivity index (χ0) is 23.2. The molecule has 3 atom stereocenters. The number of β-lactam (4-membered cyclic amide) rings is 1. The minimum Gasteiger partial charge on any atom is -0.480 e. The van der Waals surface area contributed by atoms with E-state index in [1.165, 1.54) is 40.2 Å². The Morgan fingerprint density at radius 2 is 2.03 bits per heavy atom. The topological polar surface area (TPSA) is 126 Å². The Kier molecular flexibility index (Phi) is 5.63. The van der Waals surface area contributed by atoms with Crippen LogP contribution in [0.3, 0.4) is 0 Å². The molecule has 2 aromatic rings. The molecule has 4 rings (SSSR count). The predicted octanol–water partition coefficient (Wildman–Crippen LogP) is 2.14. The number of hydrogen-bond donors (Lipinski definition) is 3. The summed E-state index contributed by atoms with van der Waals surface area (Å²) >= 11 is 2.22. The number of amides is 2. The van der Waals surface area contributed by atoms with Gasteiger partial charge in [-0.3, -0.25) is 9.59 Å². The van der Waals surface area contributed by atoms with Gasteiger partial charge in [0.15, 0.2) is 5.13 Å². The maximum absolute atomic E-state index is 13.4. The van der Waals surface area contributed by atoms with Crippen LogP contribution in [0.15, 0.2) is 29.6 Å². The summed E-state index contributed by atoms with van der Waals surface area (Å²) in [4.78, 5) is 41.9. The van der Waals surface area contributed by atoms with Crippen LogP contribution < -0.4 is 11.1 Å². The number of rotatable bonds is 5. The highest BCUT2D eigenvalue weighted by molar-refractivity contribution is 8.00. The van der Waals surface area contributed by atoms with E-state index in [1.807, 2.05) is 0 Å². The molecule has 0 aliphatic carbocycles. The van der Waals surface area contributed by atoms with E-state index in [4.69, 9.17) is 5.73 Å². The van der Waals surface area contributed by atoms with Gasteiger partial charge in [-0.05, 0) is 17.7 Å². The number of aliphatic carboxylic acids is 1. The summed E-state index contributed by atoms with van der Waals surface area (Å²) in [6, 6.07) is 2.78. The van der Waals surface area contributed by atoms with E-state index in [0.717, 1.165) is 23.5 Å². The second-order valence-corrected chi connectivity index (χ2v) is 9.03. The first kappa shape index (κ1) is 22.1. The molecule has 2 saturated heterocycles. The predicted molar refractivity (Wildman–Crippen MR) is 112 cm³/mol. The standard InChI is InChI=1S/C19H15F3N4O4S2/c20-19(21,22)10-4-2-1-3-8(10)5-9(11-6-32-18(23)24-11)14(27)25-13-15(28)26-12(17(29)30)7-31-16(13)26/h1-6,12-13,16H,7H2,(H2,23,24)(H,25,27)(H,29,30)/b9-5-/t12?,13?,16-/m1/s1. The lowest BCUT2D eigenvalue weighted by Gasteiger charge is -2.43. The highest BCUT2D eigenvalue weighted by Gasteiger charge is 2.57. The quantitative estimate of drug-likeness (QED) is 0.439. The number of nitrogens with two attached hydrogens (primary N) is 1. The number of nitrogens with zero attached hydrogens (tertiary/aromatic N) is 2. The number of carboxylic acid groups (broad SMARTS) is 1. The molecule has 2 fully saturated rings. The zero-order valence-corrected chi connectivity index (χ0v) is 17.6. The maximum atomic E-state index is 13.4. The van der Waals surface area contributed by atoms with Crippen LogP contribution in [-0.2, 0) is 20.6 Å². The van der Waals surface area contributed by atoms with E-state index in [9.17, 15) is 32.7 Å². The van der Waals surface area contributed by atoms with Crippen molar-refractivity contribution in [2.45, 2.75) is 23.6 Å². The van der Waals surface area contributed by atoms with Gasteiger partial charge in [-0.15, -0.1) is 23.1 Å². The fourth-order valence-electron chi connectivity index (χ4n) is 3.51. The summed E-state index contributed by atoms with van der Waals surface area (Å²) in [6.07, 6.45) is -3.60. The number of nitrogens with one attached hydrogen (secondary N) is 1. The molecule has 0 saturated carbocycles. The Balaban J connectivity index is 1.65. The van der Waals surface area contributed by atoms with Crippen LogP contribution in [0.1, 0.15) is 16.8 Å². The normalized spacial score (nSPS) is 23.0. The van der Waals surface area contributed by atoms with Gasteiger partial charge in [0.25, 0.3) is 5.91 Å². The van der Waals surface area contributed by atoms with Gasteiger partial charge in [0.2, 0.25) is 5.91 Å². The average molecular weight is 484 g/mol. The smallest absolute Gasteiger partial charge is 0.416 e. The average Bonchev–Trinajstić information content (AvgIpc) is 3.33. The van der Waals surface area contributed by atoms with Crippen LogP contribution in [0, 0.1) is 0 Å². The summed E-state index contributed by atoms with van der Waals surface area (Å²) in [5, 5.41) is 12.7. The Morgan fingerprint density at radius 3 is 2.66 bits per heavy atom. The summed E-state index contributed by atoms with van der Waals surface area (Å²) in [7, 11) is 0. The maximum Gasteiger partial charge on any atom is 0.416 e. The number of hydrogen-bond acceptors (Lipinski definition) is 7. The largest absolute Gasteiger partial charge is 0.480 e. The lowest BCUT2D eigenvalue weighted by atomic mass is 10.0. The fraction of sp³-hybridized carbons (Fsp3) is 0.263. The molecule has 168 valence electrons. The van der Waals surface area contributed by atoms with Crippen molar-refractivity contribution < 1.29 is 32.7 Å². The van der Waals surface area contributed by atoms with Crippen molar-refractivity contribution in [3.05, 3.63) is 46.5 Å². The summed E-state index contributed by atoms with van der Waals surface area (Å²) in [6.45, 7) is 0. The monoisotopic (exact) mass is 484 g/mol.